The van der Waals surface area contributed by atoms with E-state index in [0.29, 0.717) is 29.1 Å². The Bertz CT molecular complexity index is 597. The molecule has 0 saturated carbocycles. The first-order valence-corrected chi connectivity index (χ1v) is 6.82. The molecule has 1 aromatic heterocycles. The average Bonchev–Trinajstić information content (AvgIpc) is 2.76. The number of carbonyl (C=O) groups is 1. The molecule has 0 amide bonds. The number of aryl methyl sites for hydroxylation is 1. The molecule has 0 saturated heterocycles. The van der Waals surface area contributed by atoms with Crippen molar-refractivity contribution >= 4 is 17.7 Å². The lowest BCUT2D eigenvalue weighted by Gasteiger charge is -2.06. The summed E-state index contributed by atoms with van der Waals surface area (Å²) in [6, 6.07) is 6.27. The number of hydrogen-bond acceptors (Lipinski definition) is 6. The molecule has 3 N–H and O–H groups in total. The van der Waals surface area contributed by atoms with Crippen LogP contribution in [0.4, 0.5) is 0 Å². The van der Waals surface area contributed by atoms with Crippen molar-refractivity contribution in [2.45, 2.75) is 12.1 Å². The highest BCUT2D eigenvalue weighted by Crippen LogP contribution is 2.16. The van der Waals surface area contributed by atoms with E-state index in [0.717, 1.165) is 0 Å². The number of nitrogens with zero attached hydrogens (tertiary/aromatic N) is 3. The predicted octanol–water partition coefficient (Wildman–Crippen LogP) is 1.17. The Balaban J connectivity index is 1.78. The van der Waals surface area contributed by atoms with Gasteiger partial charge >= 0.3 is 5.97 Å². The van der Waals surface area contributed by atoms with Gasteiger partial charge in [-0.1, -0.05) is 11.8 Å². The first-order valence-electron chi connectivity index (χ1n) is 5.84. The molecule has 106 valence electrons. The molecule has 0 atom stereocenters. The Morgan fingerprint density at radius 3 is 2.65 bits per heavy atom. The molecule has 0 spiro atoms. The summed E-state index contributed by atoms with van der Waals surface area (Å²) in [7, 11) is 0. The highest BCUT2D eigenvalue weighted by molar-refractivity contribution is 7.99. The molecule has 0 unspecified atom stereocenters. The third-order valence-corrected chi connectivity index (χ3v) is 3.43. The Labute approximate surface area is 119 Å². The minimum atomic E-state index is -0.954. The number of aromatic nitrogens is 3. The van der Waals surface area contributed by atoms with Crippen LogP contribution in [0.3, 0.4) is 0 Å². The summed E-state index contributed by atoms with van der Waals surface area (Å²) in [5.74, 6) is 6.70. The van der Waals surface area contributed by atoms with Gasteiger partial charge in [-0.25, -0.2) is 9.47 Å². The number of ether oxygens (including phenoxy) is 1. The van der Waals surface area contributed by atoms with Crippen LogP contribution in [0, 0.1) is 6.92 Å². The largest absolute Gasteiger partial charge is 0.493 e. The van der Waals surface area contributed by atoms with Crippen molar-refractivity contribution in [3.8, 4) is 5.75 Å². The number of nitrogens with two attached hydrogens (primary N) is 1. The third-order valence-electron chi connectivity index (χ3n) is 2.52. The van der Waals surface area contributed by atoms with Crippen LogP contribution in [0.2, 0.25) is 0 Å². The van der Waals surface area contributed by atoms with E-state index in [1.54, 1.807) is 19.1 Å². The first-order chi connectivity index (χ1) is 9.58. The van der Waals surface area contributed by atoms with Gasteiger partial charge in [-0.15, -0.1) is 10.2 Å². The zero-order valence-electron chi connectivity index (χ0n) is 10.8. The highest BCUT2D eigenvalue weighted by atomic mass is 32.2. The lowest BCUT2D eigenvalue weighted by Crippen LogP contribution is -2.12. The summed E-state index contributed by atoms with van der Waals surface area (Å²) in [6.07, 6.45) is 0. The van der Waals surface area contributed by atoms with Crippen molar-refractivity contribution in [2.75, 3.05) is 18.2 Å². The van der Waals surface area contributed by atoms with E-state index in [2.05, 4.69) is 10.2 Å². The van der Waals surface area contributed by atoms with Gasteiger partial charge in [0.05, 0.1) is 12.2 Å². The van der Waals surface area contributed by atoms with Gasteiger partial charge in [0.2, 0.25) is 5.16 Å². The number of rotatable bonds is 6. The minimum Gasteiger partial charge on any atom is -0.493 e. The van der Waals surface area contributed by atoms with Gasteiger partial charge in [-0.2, -0.15) is 0 Å². The molecule has 2 rings (SSSR count). The molecule has 0 aliphatic heterocycles. The topological polar surface area (TPSA) is 103 Å². The van der Waals surface area contributed by atoms with E-state index in [9.17, 15) is 4.79 Å². The molecule has 0 bridgehead atoms. The van der Waals surface area contributed by atoms with Crippen LogP contribution in [-0.4, -0.2) is 38.3 Å². The summed E-state index contributed by atoms with van der Waals surface area (Å²) < 4.78 is 6.92. The number of carboxylic acids is 1. The van der Waals surface area contributed by atoms with Crippen LogP contribution in [0.15, 0.2) is 29.4 Å². The smallest absolute Gasteiger partial charge is 0.335 e. The lowest BCUT2D eigenvalue weighted by molar-refractivity contribution is 0.0697. The maximum Gasteiger partial charge on any atom is 0.335 e. The van der Waals surface area contributed by atoms with Gasteiger partial charge in [0.25, 0.3) is 0 Å². The van der Waals surface area contributed by atoms with Gasteiger partial charge < -0.3 is 15.7 Å². The number of benzene rings is 1. The van der Waals surface area contributed by atoms with E-state index >= 15 is 0 Å². The minimum absolute atomic E-state index is 0.235. The molecule has 0 aliphatic rings. The second-order valence-electron chi connectivity index (χ2n) is 3.93. The Morgan fingerprint density at radius 2 is 2.10 bits per heavy atom. The summed E-state index contributed by atoms with van der Waals surface area (Å²) >= 11 is 1.44. The van der Waals surface area contributed by atoms with Crippen molar-refractivity contribution in [2.24, 2.45) is 0 Å². The fourth-order valence-electron chi connectivity index (χ4n) is 1.43. The predicted molar refractivity (Wildman–Crippen MR) is 74.5 cm³/mol. The van der Waals surface area contributed by atoms with Crippen molar-refractivity contribution in [1.29, 1.82) is 0 Å². The van der Waals surface area contributed by atoms with E-state index in [4.69, 9.17) is 15.7 Å². The van der Waals surface area contributed by atoms with E-state index < -0.39 is 5.97 Å². The van der Waals surface area contributed by atoms with Crippen LogP contribution in [0.5, 0.6) is 5.75 Å². The SMILES string of the molecule is Cc1nnc(SCCOc2ccc(C(=O)O)cc2)n1N. The first kappa shape index (κ1) is 14.2. The molecule has 0 aliphatic carbocycles. The van der Waals surface area contributed by atoms with E-state index in [1.807, 2.05) is 0 Å². The summed E-state index contributed by atoms with van der Waals surface area (Å²) in [5.41, 5.74) is 0.235. The Morgan fingerprint density at radius 1 is 1.40 bits per heavy atom. The van der Waals surface area contributed by atoms with Gasteiger partial charge in [0, 0.05) is 5.75 Å². The molecule has 0 fully saturated rings. The maximum atomic E-state index is 10.7. The zero-order chi connectivity index (χ0) is 14.5. The van der Waals surface area contributed by atoms with Gasteiger partial charge in [-0.3, -0.25) is 0 Å². The average molecular weight is 294 g/mol. The van der Waals surface area contributed by atoms with E-state index in [-0.39, 0.29) is 5.56 Å². The maximum absolute atomic E-state index is 10.7. The second kappa shape index (κ2) is 6.29. The van der Waals surface area contributed by atoms with Crippen molar-refractivity contribution in [1.82, 2.24) is 14.9 Å². The normalized spacial score (nSPS) is 10.4. The standard InChI is InChI=1S/C12H14N4O3S/c1-8-14-15-12(16(8)13)20-7-6-19-10-4-2-9(3-5-10)11(17)18/h2-5H,6-7,13H2,1H3,(H,17,18). The van der Waals surface area contributed by atoms with Crippen LogP contribution < -0.4 is 10.6 Å². The molecule has 0 radical (unpaired) electrons. The van der Waals surface area contributed by atoms with Crippen LogP contribution in [0.1, 0.15) is 16.2 Å². The third kappa shape index (κ3) is 3.41. The molecule has 7 nitrogen and oxygen atoms in total. The van der Waals surface area contributed by atoms with Crippen LogP contribution in [0.25, 0.3) is 0 Å². The zero-order valence-corrected chi connectivity index (χ0v) is 11.6. The Hall–Kier alpha value is -2.22. The quantitative estimate of drug-likeness (QED) is 0.468. The van der Waals surface area contributed by atoms with Crippen molar-refractivity contribution in [3.05, 3.63) is 35.7 Å². The number of hydrogen-bond donors (Lipinski definition) is 2. The van der Waals surface area contributed by atoms with E-state index in [1.165, 1.54) is 28.6 Å². The second-order valence-corrected chi connectivity index (χ2v) is 4.99. The molecule has 1 heterocycles. The Kier molecular flexibility index (Phi) is 4.46. The highest BCUT2D eigenvalue weighted by Gasteiger charge is 2.06. The molecule has 8 heteroatoms. The lowest BCUT2D eigenvalue weighted by atomic mass is 10.2. The number of thioether (sulfide) groups is 1. The molecular weight excluding hydrogens is 280 g/mol. The van der Waals surface area contributed by atoms with Gasteiger partial charge in [0.15, 0.2) is 0 Å². The summed E-state index contributed by atoms with van der Waals surface area (Å²) in [4.78, 5) is 10.7. The molecule has 20 heavy (non-hydrogen) atoms. The number of nitrogen functional groups attached to an aromatic ring is 1. The molecule has 2 aromatic rings. The van der Waals surface area contributed by atoms with Crippen LogP contribution >= 0.6 is 11.8 Å². The van der Waals surface area contributed by atoms with Crippen LogP contribution in [-0.2, 0) is 0 Å². The molecular formula is C12H14N4O3S. The van der Waals surface area contributed by atoms with Crippen molar-refractivity contribution < 1.29 is 14.6 Å². The van der Waals surface area contributed by atoms with Gasteiger partial charge in [0.1, 0.15) is 11.6 Å². The van der Waals surface area contributed by atoms with Gasteiger partial charge in [-0.05, 0) is 31.2 Å². The fourth-order valence-corrected chi connectivity index (χ4v) is 2.15. The summed E-state index contributed by atoms with van der Waals surface area (Å²) in [5, 5.41) is 17.2. The number of carboxylic acid groups (broad SMARTS) is 1. The fraction of sp³-hybridized carbons (Fsp3) is 0.250. The van der Waals surface area contributed by atoms with Crippen molar-refractivity contribution in [3.63, 3.8) is 0 Å². The number of aromatic carboxylic acids is 1. The molecule has 1 aromatic carbocycles. The summed E-state index contributed by atoms with van der Waals surface area (Å²) in [6.45, 7) is 2.24. The monoisotopic (exact) mass is 294 g/mol.